The molecule has 2 aromatic carbocycles. The number of ether oxygens (including phenoxy) is 1. The molecule has 6 nitrogen and oxygen atoms in total. The maximum Gasteiger partial charge on any atom is 0.415 e. The Morgan fingerprint density at radius 2 is 1.81 bits per heavy atom. The summed E-state index contributed by atoms with van der Waals surface area (Å²) in [4.78, 5) is 11.6. The van der Waals surface area contributed by atoms with Crippen LogP contribution in [0.5, 0.6) is 0 Å². The summed E-state index contributed by atoms with van der Waals surface area (Å²) >= 11 is 5.44. The Hall–Kier alpha value is -1.91. The number of anilines is 2. The molecule has 0 saturated carbocycles. The zero-order valence-corrected chi connectivity index (χ0v) is 12.6. The lowest BCUT2D eigenvalue weighted by atomic mass is 10.1. The lowest BCUT2D eigenvalue weighted by Gasteiger charge is -2.28. The number of amides is 1. The number of benzene rings is 2. The SMILES string of the molecule is O=C(NP1(=O)Nc2cccc3cccc(c23)N1)OCCCl. The van der Waals surface area contributed by atoms with Gasteiger partial charge in [-0.2, -0.15) is 0 Å². The predicted molar refractivity (Wildman–Crippen MR) is 84.0 cm³/mol. The molecule has 3 N–H and O–H groups in total. The van der Waals surface area contributed by atoms with E-state index in [9.17, 15) is 9.36 Å². The Morgan fingerprint density at radius 1 is 1.19 bits per heavy atom. The monoisotopic (exact) mass is 325 g/mol. The van der Waals surface area contributed by atoms with Crippen LogP contribution in [0, 0.1) is 0 Å². The lowest BCUT2D eigenvalue weighted by Crippen LogP contribution is -2.30. The average Bonchev–Trinajstić information content (AvgIpc) is 2.45. The zero-order chi connectivity index (χ0) is 14.9. The molecule has 21 heavy (non-hydrogen) atoms. The Balaban J connectivity index is 1.89. The van der Waals surface area contributed by atoms with E-state index in [0.29, 0.717) is 11.4 Å². The maximum atomic E-state index is 12.7. The van der Waals surface area contributed by atoms with Crippen LogP contribution >= 0.6 is 19.2 Å². The molecule has 0 unspecified atom stereocenters. The molecule has 0 atom stereocenters. The first-order chi connectivity index (χ1) is 10.1. The van der Waals surface area contributed by atoms with Crippen molar-refractivity contribution in [2.45, 2.75) is 0 Å². The van der Waals surface area contributed by atoms with Gasteiger partial charge in [0, 0.05) is 5.39 Å². The van der Waals surface area contributed by atoms with Crippen molar-refractivity contribution in [3.05, 3.63) is 36.4 Å². The number of carbonyl (C=O) groups is 1. The van der Waals surface area contributed by atoms with Crippen LogP contribution in [0.15, 0.2) is 36.4 Å². The second kappa shape index (κ2) is 5.47. The number of alkyl halides is 1. The summed E-state index contributed by atoms with van der Waals surface area (Å²) in [7, 11) is -3.37. The van der Waals surface area contributed by atoms with Gasteiger partial charge in [0.05, 0.1) is 17.3 Å². The van der Waals surface area contributed by atoms with Crippen molar-refractivity contribution in [1.82, 2.24) is 5.09 Å². The van der Waals surface area contributed by atoms with E-state index in [1.165, 1.54) is 0 Å². The van der Waals surface area contributed by atoms with Crippen LogP contribution in [0.2, 0.25) is 0 Å². The van der Waals surface area contributed by atoms with Gasteiger partial charge in [0.2, 0.25) is 0 Å². The first kappa shape index (κ1) is 14.0. The van der Waals surface area contributed by atoms with E-state index in [1.807, 2.05) is 36.4 Å². The first-order valence-electron chi connectivity index (χ1n) is 6.31. The molecule has 0 fully saturated rings. The number of carbonyl (C=O) groups excluding carboxylic acids is 1. The van der Waals surface area contributed by atoms with Crippen molar-refractivity contribution in [2.75, 3.05) is 22.7 Å². The lowest BCUT2D eigenvalue weighted by molar-refractivity contribution is 0.159. The quantitative estimate of drug-likeness (QED) is 0.591. The molecule has 1 aliphatic heterocycles. The number of hydrogen-bond donors (Lipinski definition) is 3. The van der Waals surface area contributed by atoms with Crippen molar-refractivity contribution in [3.63, 3.8) is 0 Å². The van der Waals surface area contributed by atoms with Crippen LogP contribution in [0.25, 0.3) is 10.8 Å². The molecule has 8 heteroatoms. The molecule has 1 amide bonds. The Labute approximate surface area is 126 Å². The largest absolute Gasteiger partial charge is 0.448 e. The predicted octanol–water partition coefficient (Wildman–Crippen LogP) is 3.75. The summed E-state index contributed by atoms with van der Waals surface area (Å²) < 4.78 is 17.5. The molecule has 0 aliphatic carbocycles. The second-order valence-electron chi connectivity index (χ2n) is 4.48. The van der Waals surface area contributed by atoms with Gasteiger partial charge in [0.15, 0.2) is 0 Å². The van der Waals surface area contributed by atoms with Gasteiger partial charge < -0.3 is 14.9 Å². The number of hydrogen-bond acceptors (Lipinski definition) is 3. The van der Waals surface area contributed by atoms with Crippen molar-refractivity contribution < 1.29 is 14.1 Å². The van der Waals surface area contributed by atoms with Crippen molar-refractivity contribution in [3.8, 4) is 0 Å². The summed E-state index contributed by atoms with van der Waals surface area (Å²) in [5.41, 5.74) is 1.39. The Bertz CT molecular complexity index is 708. The standard InChI is InChI=1S/C13H13ClN3O3P/c14-7-8-20-13(18)17-21(19)15-10-5-1-3-9-4-2-6-11(16-21)12(9)10/h1-6H,7-8H2,(H3,15,16,17,18,19). The molecule has 2 aromatic rings. The normalized spacial score (nSPS) is 14.9. The highest BCUT2D eigenvalue weighted by Crippen LogP contribution is 2.50. The number of halogens is 1. The van der Waals surface area contributed by atoms with Gasteiger partial charge in [-0.25, -0.2) is 9.88 Å². The van der Waals surface area contributed by atoms with Crippen LogP contribution in [-0.2, 0) is 9.30 Å². The summed E-state index contributed by atoms with van der Waals surface area (Å²) in [6.45, 7) is 0.0551. The van der Waals surface area contributed by atoms with Crippen LogP contribution in [0.3, 0.4) is 0 Å². The molecule has 0 saturated heterocycles. The number of nitrogens with one attached hydrogen (secondary N) is 3. The summed E-state index contributed by atoms with van der Waals surface area (Å²) in [5, 5.41) is 9.96. The molecule has 0 radical (unpaired) electrons. The smallest absolute Gasteiger partial charge is 0.415 e. The van der Waals surface area contributed by atoms with Crippen LogP contribution < -0.4 is 15.3 Å². The summed E-state index contributed by atoms with van der Waals surface area (Å²) in [5.74, 6) is 0.181. The van der Waals surface area contributed by atoms with Gasteiger partial charge in [-0.05, 0) is 17.5 Å². The molecule has 0 bridgehead atoms. The van der Waals surface area contributed by atoms with E-state index in [1.54, 1.807) is 0 Å². The third-order valence-electron chi connectivity index (χ3n) is 3.02. The second-order valence-corrected chi connectivity index (χ2v) is 6.75. The molecule has 1 heterocycles. The van der Waals surface area contributed by atoms with E-state index in [-0.39, 0.29) is 12.5 Å². The minimum Gasteiger partial charge on any atom is -0.448 e. The van der Waals surface area contributed by atoms with E-state index in [4.69, 9.17) is 16.3 Å². The minimum atomic E-state index is -3.37. The highest BCUT2D eigenvalue weighted by atomic mass is 35.5. The summed E-state index contributed by atoms with van der Waals surface area (Å²) in [6, 6.07) is 11.3. The van der Waals surface area contributed by atoms with Gasteiger partial charge in [-0.15, -0.1) is 11.6 Å². The summed E-state index contributed by atoms with van der Waals surface area (Å²) in [6.07, 6.45) is -0.787. The van der Waals surface area contributed by atoms with Crippen LogP contribution in [0.1, 0.15) is 0 Å². The molecular weight excluding hydrogens is 313 g/mol. The van der Waals surface area contributed by atoms with Gasteiger partial charge in [-0.1, -0.05) is 24.3 Å². The Morgan fingerprint density at radius 3 is 2.38 bits per heavy atom. The molecule has 0 aromatic heterocycles. The highest BCUT2D eigenvalue weighted by molar-refractivity contribution is 7.65. The number of rotatable bonds is 3. The topological polar surface area (TPSA) is 79.5 Å². The van der Waals surface area contributed by atoms with Crippen molar-refractivity contribution >= 4 is 47.4 Å². The van der Waals surface area contributed by atoms with Gasteiger partial charge in [-0.3, -0.25) is 4.57 Å². The fraction of sp³-hybridized carbons (Fsp3) is 0.154. The van der Waals surface area contributed by atoms with Gasteiger partial charge in [0.1, 0.15) is 6.61 Å². The van der Waals surface area contributed by atoms with Crippen LogP contribution in [0.4, 0.5) is 16.2 Å². The zero-order valence-electron chi connectivity index (χ0n) is 10.9. The molecular formula is C13H13ClN3O3P. The van der Waals surface area contributed by atoms with E-state index in [2.05, 4.69) is 15.3 Å². The van der Waals surface area contributed by atoms with E-state index in [0.717, 1.165) is 10.8 Å². The third kappa shape index (κ3) is 2.77. The van der Waals surface area contributed by atoms with E-state index >= 15 is 0 Å². The van der Waals surface area contributed by atoms with Crippen LogP contribution in [-0.4, -0.2) is 18.6 Å². The highest BCUT2D eigenvalue weighted by Gasteiger charge is 2.31. The molecule has 0 spiro atoms. The van der Waals surface area contributed by atoms with Crippen molar-refractivity contribution in [1.29, 1.82) is 0 Å². The molecule has 110 valence electrons. The molecule has 1 aliphatic rings. The maximum absolute atomic E-state index is 12.7. The minimum absolute atomic E-state index is 0.0551. The van der Waals surface area contributed by atoms with E-state index < -0.39 is 13.7 Å². The Kier molecular flexibility index (Phi) is 3.66. The third-order valence-corrected chi connectivity index (χ3v) is 4.78. The van der Waals surface area contributed by atoms with Gasteiger partial charge in [0.25, 0.3) is 0 Å². The fourth-order valence-corrected chi connectivity index (χ4v) is 3.86. The average molecular weight is 326 g/mol. The van der Waals surface area contributed by atoms with Gasteiger partial charge >= 0.3 is 13.7 Å². The molecule has 3 rings (SSSR count). The fourth-order valence-electron chi connectivity index (χ4n) is 2.24. The van der Waals surface area contributed by atoms with Crippen molar-refractivity contribution in [2.24, 2.45) is 0 Å². The first-order valence-corrected chi connectivity index (χ1v) is 8.55.